The monoisotopic (exact) mass is 365 g/mol. The lowest BCUT2D eigenvalue weighted by Crippen LogP contribution is -2.20. The van der Waals surface area contributed by atoms with Gasteiger partial charge < -0.3 is 9.64 Å². The summed E-state index contributed by atoms with van der Waals surface area (Å²) in [6.45, 7) is 5.98. The van der Waals surface area contributed by atoms with E-state index in [9.17, 15) is 0 Å². The molecule has 6 nitrogen and oxygen atoms in total. The number of hydrogen-bond acceptors (Lipinski definition) is 5. The molecule has 2 heterocycles. The second-order valence-electron chi connectivity index (χ2n) is 6.87. The van der Waals surface area contributed by atoms with Crippen LogP contribution in [0.1, 0.15) is 28.9 Å². The molecule has 0 aliphatic heterocycles. The highest BCUT2D eigenvalue weighted by atomic mass is 16.5. The molecule has 142 valence electrons. The van der Waals surface area contributed by atoms with E-state index in [1.165, 1.54) is 11.3 Å². The Kier molecular flexibility index (Phi) is 6.19. The Morgan fingerprint density at radius 1 is 1.11 bits per heavy atom. The Balaban J connectivity index is 1.55. The van der Waals surface area contributed by atoms with Gasteiger partial charge in [-0.05, 0) is 58.0 Å². The number of nitrogens with zero attached hydrogens (tertiary/aromatic N) is 4. The van der Waals surface area contributed by atoms with Crippen LogP contribution < -0.4 is 4.74 Å². The van der Waals surface area contributed by atoms with Crippen LogP contribution in [0.2, 0.25) is 0 Å². The fraction of sp³-hybridized carbons (Fsp3) is 0.381. The number of aryl methyl sites for hydroxylation is 2. The van der Waals surface area contributed by atoms with E-state index in [0.717, 1.165) is 48.5 Å². The maximum absolute atomic E-state index is 5.39. The summed E-state index contributed by atoms with van der Waals surface area (Å²) in [5.41, 5.74) is 5.64. The zero-order valence-electron chi connectivity index (χ0n) is 16.5. The van der Waals surface area contributed by atoms with Crippen molar-refractivity contribution in [3.8, 4) is 17.1 Å². The predicted molar refractivity (Wildman–Crippen MR) is 107 cm³/mol. The summed E-state index contributed by atoms with van der Waals surface area (Å²) < 4.78 is 5.39. The fourth-order valence-electron chi connectivity index (χ4n) is 3.26. The SMILES string of the molecule is COc1ccccc1-c1ncc(CN(C)CCCc2c(C)n[nH]c2C)cn1. The summed E-state index contributed by atoms with van der Waals surface area (Å²) in [6, 6.07) is 7.80. The molecule has 0 unspecified atom stereocenters. The minimum atomic E-state index is 0.685. The third kappa shape index (κ3) is 4.71. The van der Waals surface area contributed by atoms with Gasteiger partial charge in [0.15, 0.2) is 5.82 Å². The van der Waals surface area contributed by atoms with Gasteiger partial charge in [-0.25, -0.2) is 9.97 Å². The quantitative estimate of drug-likeness (QED) is 0.661. The molecular weight excluding hydrogens is 338 g/mol. The minimum Gasteiger partial charge on any atom is -0.496 e. The maximum Gasteiger partial charge on any atom is 0.162 e. The molecule has 1 aromatic carbocycles. The van der Waals surface area contributed by atoms with E-state index < -0.39 is 0 Å². The molecule has 0 saturated heterocycles. The van der Waals surface area contributed by atoms with E-state index in [1.807, 2.05) is 36.7 Å². The van der Waals surface area contributed by atoms with Gasteiger partial charge in [0.1, 0.15) is 5.75 Å². The van der Waals surface area contributed by atoms with Crippen molar-refractivity contribution in [3.63, 3.8) is 0 Å². The van der Waals surface area contributed by atoms with E-state index in [1.54, 1.807) is 7.11 Å². The van der Waals surface area contributed by atoms with Crippen molar-refractivity contribution in [2.24, 2.45) is 0 Å². The second-order valence-corrected chi connectivity index (χ2v) is 6.87. The van der Waals surface area contributed by atoms with Crippen LogP contribution in [-0.2, 0) is 13.0 Å². The number of methoxy groups -OCH3 is 1. The van der Waals surface area contributed by atoms with Gasteiger partial charge in [-0.1, -0.05) is 12.1 Å². The highest BCUT2D eigenvalue weighted by Gasteiger charge is 2.09. The number of aromatic nitrogens is 4. The van der Waals surface area contributed by atoms with Crippen LogP contribution in [0.4, 0.5) is 0 Å². The molecule has 1 N–H and O–H groups in total. The molecule has 2 aromatic heterocycles. The third-order valence-corrected chi connectivity index (χ3v) is 4.75. The van der Waals surface area contributed by atoms with Gasteiger partial charge in [-0.2, -0.15) is 5.10 Å². The van der Waals surface area contributed by atoms with Crippen LogP contribution in [-0.4, -0.2) is 45.8 Å². The highest BCUT2D eigenvalue weighted by Crippen LogP contribution is 2.26. The summed E-state index contributed by atoms with van der Waals surface area (Å²) in [6.07, 6.45) is 5.94. The Morgan fingerprint density at radius 2 is 1.85 bits per heavy atom. The normalized spacial score (nSPS) is 11.1. The van der Waals surface area contributed by atoms with Gasteiger partial charge in [0.25, 0.3) is 0 Å². The smallest absolute Gasteiger partial charge is 0.162 e. The van der Waals surface area contributed by atoms with Gasteiger partial charge in [0, 0.05) is 30.2 Å². The largest absolute Gasteiger partial charge is 0.496 e. The van der Waals surface area contributed by atoms with Gasteiger partial charge in [-0.3, -0.25) is 5.10 Å². The summed E-state index contributed by atoms with van der Waals surface area (Å²) >= 11 is 0. The number of ether oxygens (including phenoxy) is 1. The molecule has 0 saturated carbocycles. The molecule has 0 amide bonds. The summed E-state index contributed by atoms with van der Waals surface area (Å²) in [7, 11) is 3.79. The fourth-order valence-corrected chi connectivity index (χ4v) is 3.26. The van der Waals surface area contributed by atoms with Crippen LogP contribution in [0.3, 0.4) is 0 Å². The molecule has 27 heavy (non-hydrogen) atoms. The van der Waals surface area contributed by atoms with E-state index in [-0.39, 0.29) is 0 Å². The van der Waals surface area contributed by atoms with Crippen LogP contribution in [0.25, 0.3) is 11.4 Å². The zero-order chi connectivity index (χ0) is 19.2. The van der Waals surface area contributed by atoms with Gasteiger partial charge >= 0.3 is 0 Å². The minimum absolute atomic E-state index is 0.685. The molecule has 0 fully saturated rings. The lowest BCUT2D eigenvalue weighted by Gasteiger charge is -2.16. The van der Waals surface area contributed by atoms with E-state index in [4.69, 9.17) is 4.74 Å². The van der Waals surface area contributed by atoms with Crippen LogP contribution in [0.15, 0.2) is 36.7 Å². The van der Waals surface area contributed by atoms with E-state index in [0.29, 0.717) is 5.82 Å². The lowest BCUT2D eigenvalue weighted by atomic mass is 10.1. The first-order valence-corrected chi connectivity index (χ1v) is 9.21. The number of nitrogens with one attached hydrogen (secondary N) is 1. The van der Waals surface area contributed by atoms with Crippen LogP contribution in [0.5, 0.6) is 5.75 Å². The van der Waals surface area contributed by atoms with E-state index in [2.05, 4.69) is 46.0 Å². The number of rotatable bonds is 8. The number of para-hydroxylation sites is 1. The Labute approximate surface area is 160 Å². The van der Waals surface area contributed by atoms with Crippen molar-refractivity contribution in [1.29, 1.82) is 0 Å². The molecule has 6 heteroatoms. The second kappa shape index (κ2) is 8.77. The summed E-state index contributed by atoms with van der Waals surface area (Å²) in [5, 5.41) is 7.32. The number of aromatic amines is 1. The van der Waals surface area contributed by atoms with Gasteiger partial charge in [0.05, 0.1) is 18.4 Å². The standard InChI is InChI=1S/C21H27N5O/c1-15-18(16(2)25-24-15)9-7-11-26(3)14-17-12-22-21(23-13-17)19-8-5-6-10-20(19)27-4/h5-6,8,10,12-13H,7,9,11,14H2,1-4H3,(H,24,25). The first kappa shape index (κ1) is 19.0. The third-order valence-electron chi connectivity index (χ3n) is 4.75. The molecule has 3 rings (SSSR count). The van der Waals surface area contributed by atoms with Crippen LogP contribution >= 0.6 is 0 Å². The molecule has 0 bridgehead atoms. The Bertz CT molecular complexity index is 853. The first-order chi connectivity index (χ1) is 13.1. The van der Waals surface area contributed by atoms with Crippen molar-refractivity contribution < 1.29 is 4.74 Å². The van der Waals surface area contributed by atoms with Gasteiger partial charge in [-0.15, -0.1) is 0 Å². The van der Waals surface area contributed by atoms with Crippen molar-refractivity contribution in [3.05, 3.63) is 59.2 Å². The first-order valence-electron chi connectivity index (χ1n) is 9.21. The molecular formula is C21H27N5O. The van der Waals surface area contributed by atoms with Gasteiger partial charge in [0.2, 0.25) is 0 Å². The predicted octanol–water partition coefficient (Wildman–Crippen LogP) is 3.56. The Morgan fingerprint density at radius 3 is 2.52 bits per heavy atom. The number of H-pyrrole nitrogens is 1. The van der Waals surface area contributed by atoms with Crippen LogP contribution in [0, 0.1) is 13.8 Å². The topological polar surface area (TPSA) is 66.9 Å². The molecule has 0 radical (unpaired) electrons. The number of hydrogen-bond donors (Lipinski definition) is 1. The average Bonchev–Trinajstić information content (AvgIpc) is 3.00. The maximum atomic E-state index is 5.39. The average molecular weight is 365 g/mol. The zero-order valence-corrected chi connectivity index (χ0v) is 16.5. The van der Waals surface area contributed by atoms with Crippen molar-refractivity contribution in [2.45, 2.75) is 33.2 Å². The van der Waals surface area contributed by atoms with Crippen molar-refractivity contribution in [2.75, 3.05) is 20.7 Å². The van der Waals surface area contributed by atoms with Crippen molar-refractivity contribution >= 4 is 0 Å². The molecule has 0 aliphatic carbocycles. The highest BCUT2D eigenvalue weighted by molar-refractivity contribution is 5.63. The Hall–Kier alpha value is -2.73. The van der Waals surface area contributed by atoms with E-state index >= 15 is 0 Å². The van der Waals surface area contributed by atoms with Crippen molar-refractivity contribution in [1.82, 2.24) is 25.1 Å². The molecule has 0 atom stereocenters. The summed E-state index contributed by atoms with van der Waals surface area (Å²) in [5.74, 6) is 1.47. The molecule has 3 aromatic rings. The number of benzene rings is 1. The summed E-state index contributed by atoms with van der Waals surface area (Å²) in [4.78, 5) is 11.3. The molecule has 0 aliphatic rings. The molecule has 0 spiro atoms. The lowest BCUT2D eigenvalue weighted by molar-refractivity contribution is 0.321.